The zero-order valence-corrected chi connectivity index (χ0v) is 13.6. The standard InChI is InChI=1S/C13H14F3IN2S/c14-13(15,16)11-5-1-9(2-6-11)10-3-7-12(8-4-10)18-19-20-17/h1-2,5-6,10,19H,3-4,7-8H2. The summed E-state index contributed by atoms with van der Waals surface area (Å²) in [5.41, 5.74) is 1.55. The molecule has 20 heavy (non-hydrogen) atoms. The first kappa shape index (κ1) is 15.9. The van der Waals surface area contributed by atoms with Crippen molar-refractivity contribution in [1.29, 1.82) is 0 Å². The summed E-state index contributed by atoms with van der Waals surface area (Å²) in [7, 11) is 1.42. The predicted octanol–water partition coefficient (Wildman–Crippen LogP) is 5.31. The number of alkyl halides is 3. The average molecular weight is 414 g/mol. The monoisotopic (exact) mass is 414 g/mol. The van der Waals surface area contributed by atoms with E-state index in [9.17, 15) is 13.2 Å². The molecule has 1 fully saturated rings. The molecule has 110 valence electrons. The molecule has 1 aliphatic carbocycles. The SMILES string of the molecule is FC(F)(F)c1ccc(C2CCC(=NNSI)CC2)cc1. The van der Waals surface area contributed by atoms with Gasteiger partial charge in [-0.1, -0.05) is 12.1 Å². The topological polar surface area (TPSA) is 24.4 Å². The van der Waals surface area contributed by atoms with Gasteiger partial charge >= 0.3 is 6.18 Å². The summed E-state index contributed by atoms with van der Waals surface area (Å²) >= 11 is 2.11. The maximum absolute atomic E-state index is 12.5. The van der Waals surface area contributed by atoms with Gasteiger partial charge in [0.2, 0.25) is 0 Å². The molecule has 1 aromatic carbocycles. The second kappa shape index (κ2) is 7.02. The summed E-state index contributed by atoms with van der Waals surface area (Å²) < 4.78 is 37.5. The number of halogens is 4. The van der Waals surface area contributed by atoms with Crippen molar-refractivity contribution in [2.75, 3.05) is 0 Å². The van der Waals surface area contributed by atoms with Crippen LogP contribution in [0.3, 0.4) is 0 Å². The van der Waals surface area contributed by atoms with Gasteiger partial charge in [-0.15, -0.1) is 0 Å². The summed E-state index contributed by atoms with van der Waals surface area (Å²) in [6, 6.07) is 5.56. The Bertz CT molecular complexity index is 463. The van der Waals surface area contributed by atoms with Gasteiger partial charge in [-0.3, -0.25) is 0 Å². The summed E-state index contributed by atoms with van der Waals surface area (Å²) in [4.78, 5) is 2.86. The Morgan fingerprint density at radius 1 is 1.15 bits per heavy atom. The van der Waals surface area contributed by atoms with Gasteiger partial charge < -0.3 is 0 Å². The molecule has 0 radical (unpaired) electrons. The Morgan fingerprint density at radius 3 is 2.25 bits per heavy atom. The van der Waals surface area contributed by atoms with Gasteiger partial charge in [0.25, 0.3) is 0 Å². The van der Waals surface area contributed by atoms with E-state index in [2.05, 4.69) is 31.1 Å². The van der Waals surface area contributed by atoms with Gasteiger partial charge in [0.05, 0.1) is 5.56 Å². The van der Waals surface area contributed by atoms with E-state index in [-0.39, 0.29) is 0 Å². The van der Waals surface area contributed by atoms with E-state index in [1.165, 1.54) is 21.3 Å². The number of hydrogen-bond acceptors (Lipinski definition) is 3. The van der Waals surface area contributed by atoms with Crippen molar-refractivity contribution >= 4 is 36.0 Å². The molecule has 0 saturated heterocycles. The van der Waals surface area contributed by atoms with Gasteiger partial charge in [-0.2, -0.15) is 18.3 Å². The molecule has 0 atom stereocenters. The second-order valence-corrected chi connectivity index (χ2v) is 6.40. The fourth-order valence-corrected chi connectivity index (χ4v) is 2.88. The second-order valence-electron chi connectivity index (χ2n) is 4.74. The lowest BCUT2D eigenvalue weighted by atomic mass is 9.83. The van der Waals surface area contributed by atoms with Gasteiger partial charge in [0.1, 0.15) is 0 Å². The third kappa shape index (κ3) is 4.28. The lowest BCUT2D eigenvalue weighted by Gasteiger charge is -2.23. The zero-order chi connectivity index (χ0) is 14.6. The predicted molar refractivity (Wildman–Crippen MR) is 84.8 cm³/mol. The molecule has 0 heterocycles. The molecule has 0 aliphatic heterocycles. The van der Waals surface area contributed by atoms with Crippen LogP contribution in [0.2, 0.25) is 0 Å². The summed E-state index contributed by atoms with van der Waals surface area (Å²) in [6.07, 6.45) is -0.574. The molecule has 1 saturated carbocycles. The van der Waals surface area contributed by atoms with Crippen LogP contribution in [0.5, 0.6) is 0 Å². The van der Waals surface area contributed by atoms with Crippen molar-refractivity contribution in [3.63, 3.8) is 0 Å². The average Bonchev–Trinajstić information content (AvgIpc) is 2.45. The Labute approximate surface area is 132 Å². The van der Waals surface area contributed by atoms with E-state index in [1.807, 2.05) is 0 Å². The van der Waals surface area contributed by atoms with Crippen molar-refractivity contribution < 1.29 is 13.2 Å². The lowest BCUT2D eigenvalue weighted by molar-refractivity contribution is -0.137. The first-order chi connectivity index (χ1) is 9.50. The Kier molecular flexibility index (Phi) is 5.59. The first-order valence-electron chi connectivity index (χ1n) is 6.26. The molecule has 7 heteroatoms. The smallest absolute Gasteiger partial charge is 0.242 e. The molecule has 0 aromatic heterocycles. The molecule has 2 nitrogen and oxygen atoms in total. The molecular formula is C13H14F3IN2S. The summed E-state index contributed by atoms with van der Waals surface area (Å²) in [5, 5.41) is 4.25. The summed E-state index contributed by atoms with van der Waals surface area (Å²) in [5.74, 6) is 0.337. The molecule has 0 unspecified atom stereocenters. The van der Waals surface area contributed by atoms with Crippen LogP contribution < -0.4 is 4.83 Å². The van der Waals surface area contributed by atoms with Crippen molar-refractivity contribution in [2.24, 2.45) is 5.10 Å². The Morgan fingerprint density at radius 2 is 1.75 bits per heavy atom. The normalized spacial score (nSPS) is 19.8. The molecule has 1 N–H and O–H groups in total. The first-order valence-corrected chi connectivity index (χ1v) is 9.62. The fraction of sp³-hybridized carbons (Fsp3) is 0.462. The van der Waals surface area contributed by atoms with Crippen molar-refractivity contribution in [3.8, 4) is 0 Å². The highest BCUT2D eigenvalue weighted by Gasteiger charge is 2.30. The van der Waals surface area contributed by atoms with E-state index in [0.29, 0.717) is 5.92 Å². The van der Waals surface area contributed by atoms with Crippen LogP contribution >= 0.6 is 30.3 Å². The molecule has 1 aromatic rings. The van der Waals surface area contributed by atoms with Gasteiger partial charge in [0.15, 0.2) is 0 Å². The molecule has 2 rings (SSSR count). The zero-order valence-electron chi connectivity index (χ0n) is 10.6. The maximum Gasteiger partial charge on any atom is 0.416 e. The highest BCUT2D eigenvalue weighted by Crippen LogP contribution is 2.34. The minimum atomic E-state index is -4.26. The molecule has 0 amide bonds. The molecule has 0 spiro atoms. The minimum absolute atomic E-state index is 0.337. The highest BCUT2D eigenvalue weighted by atomic mass is 127. The molecule has 1 aliphatic rings. The number of benzene rings is 1. The Balaban J connectivity index is 1.97. The molecular weight excluding hydrogens is 400 g/mol. The number of nitrogens with one attached hydrogen (secondary N) is 1. The third-order valence-electron chi connectivity index (χ3n) is 3.51. The van der Waals surface area contributed by atoms with Crippen LogP contribution in [0.15, 0.2) is 29.4 Å². The largest absolute Gasteiger partial charge is 0.416 e. The fourth-order valence-electron chi connectivity index (χ4n) is 2.42. The number of hydrogen-bond donors (Lipinski definition) is 1. The van der Waals surface area contributed by atoms with E-state index < -0.39 is 11.7 Å². The van der Waals surface area contributed by atoms with Crippen LogP contribution in [-0.2, 0) is 6.18 Å². The van der Waals surface area contributed by atoms with Crippen LogP contribution in [0.1, 0.15) is 42.7 Å². The molecule has 0 bridgehead atoms. The van der Waals surface area contributed by atoms with Crippen molar-refractivity contribution in [1.82, 2.24) is 4.83 Å². The Hall–Kier alpha value is -0.440. The van der Waals surface area contributed by atoms with Crippen LogP contribution in [-0.4, -0.2) is 5.71 Å². The summed E-state index contributed by atoms with van der Waals surface area (Å²) in [6.45, 7) is 0. The van der Waals surface area contributed by atoms with E-state index in [0.717, 1.165) is 37.0 Å². The van der Waals surface area contributed by atoms with Crippen molar-refractivity contribution in [3.05, 3.63) is 35.4 Å². The van der Waals surface area contributed by atoms with E-state index >= 15 is 0 Å². The van der Waals surface area contributed by atoms with Gasteiger partial charge in [-0.05, 0) is 49.3 Å². The number of nitrogens with zero attached hydrogens (tertiary/aromatic N) is 1. The van der Waals surface area contributed by atoms with Crippen LogP contribution in [0.25, 0.3) is 0 Å². The highest BCUT2D eigenvalue weighted by molar-refractivity contribution is 14.2. The van der Waals surface area contributed by atoms with E-state index in [1.54, 1.807) is 12.1 Å². The third-order valence-corrected chi connectivity index (χ3v) is 4.26. The van der Waals surface area contributed by atoms with Gasteiger partial charge in [0, 0.05) is 36.0 Å². The minimum Gasteiger partial charge on any atom is -0.242 e. The van der Waals surface area contributed by atoms with Crippen molar-refractivity contribution in [2.45, 2.75) is 37.8 Å². The number of rotatable bonds is 3. The number of hydrazone groups is 1. The van der Waals surface area contributed by atoms with Crippen LogP contribution in [0.4, 0.5) is 13.2 Å². The van der Waals surface area contributed by atoms with Gasteiger partial charge in [-0.25, -0.2) is 4.83 Å². The lowest BCUT2D eigenvalue weighted by Crippen LogP contribution is -2.15. The van der Waals surface area contributed by atoms with Crippen LogP contribution in [0, 0.1) is 0 Å². The van der Waals surface area contributed by atoms with E-state index in [4.69, 9.17) is 0 Å². The maximum atomic E-state index is 12.5. The quantitative estimate of drug-likeness (QED) is 0.412.